The van der Waals surface area contributed by atoms with Gasteiger partial charge in [0.05, 0.1) is 13.2 Å². The van der Waals surface area contributed by atoms with Gasteiger partial charge in [0, 0.05) is 13.0 Å². The van der Waals surface area contributed by atoms with Crippen LogP contribution in [0, 0.1) is 0 Å². The predicted molar refractivity (Wildman–Crippen MR) is 108 cm³/mol. The van der Waals surface area contributed by atoms with Crippen molar-refractivity contribution in [3.8, 4) is 17.2 Å². The molecule has 6 nitrogen and oxygen atoms in total. The monoisotopic (exact) mass is 384 g/mol. The molecule has 0 aliphatic carbocycles. The summed E-state index contributed by atoms with van der Waals surface area (Å²) in [6.07, 6.45) is 0.438. The summed E-state index contributed by atoms with van der Waals surface area (Å²) < 4.78 is 16.0. The SMILES string of the molecule is COc1ccc(C(C)CC(=O)NCC(c2ccc3c(c2)OCO3)N(C)C)cc1. The van der Waals surface area contributed by atoms with E-state index in [1.807, 2.05) is 56.6 Å². The second-order valence-electron chi connectivity index (χ2n) is 7.27. The summed E-state index contributed by atoms with van der Waals surface area (Å²) in [4.78, 5) is 14.6. The molecule has 1 N–H and O–H groups in total. The molecule has 1 aliphatic heterocycles. The van der Waals surface area contributed by atoms with Gasteiger partial charge in [-0.15, -0.1) is 0 Å². The lowest BCUT2D eigenvalue weighted by molar-refractivity contribution is -0.121. The molecule has 0 saturated heterocycles. The van der Waals surface area contributed by atoms with Crippen molar-refractivity contribution < 1.29 is 19.0 Å². The van der Waals surface area contributed by atoms with Crippen LogP contribution in [0.4, 0.5) is 0 Å². The fourth-order valence-electron chi connectivity index (χ4n) is 3.33. The van der Waals surface area contributed by atoms with Crippen LogP contribution in [0.15, 0.2) is 42.5 Å². The fraction of sp³-hybridized carbons (Fsp3) is 0.409. The van der Waals surface area contributed by atoms with Crippen LogP contribution in [-0.2, 0) is 4.79 Å². The topological polar surface area (TPSA) is 60.0 Å². The van der Waals surface area contributed by atoms with Gasteiger partial charge in [-0.3, -0.25) is 4.79 Å². The van der Waals surface area contributed by atoms with E-state index in [9.17, 15) is 4.79 Å². The van der Waals surface area contributed by atoms with Crippen molar-refractivity contribution in [3.63, 3.8) is 0 Å². The van der Waals surface area contributed by atoms with Gasteiger partial charge in [0.2, 0.25) is 12.7 Å². The maximum absolute atomic E-state index is 12.5. The molecule has 2 aromatic rings. The number of nitrogens with zero attached hydrogens (tertiary/aromatic N) is 1. The summed E-state index contributed by atoms with van der Waals surface area (Å²) in [6, 6.07) is 13.8. The average molecular weight is 384 g/mol. The highest BCUT2D eigenvalue weighted by atomic mass is 16.7. The zero-order chi connectivity index (χ0) is 20.1. The van der Waals surface area contributed by atoms with Crippen LogP contribution in [0.5, 0.6) is 17.2 Å². The average Bonchev–Trinajstić information content (AvgIpc) is 3.16. The van der Waals surface area contributed by atoms with Crippen LogP contribution in [0.3, 0.4) is 0 Å². The van der Waals surface area contributed by atoms with Gasteiger partial charge in [0.15, 0.2) is 11.5 Å². The van der Waals surface area contributed by atoms with E-state index < -0.39 is 0 Å². The third kappa shape index (κ3) is 4.75. The van der Waals surface area contributed by atoms with E-state index in [1.165, 1.54) is 0 Å². The van der Waals surface area contributed by atoms with Crippen molar-refractivity contribution in [1.29, 1.82) is 0 Å². The fourth-order valence-corrected chi connectivity index (χ4v) is 3.33. The van der Waals surface area contributed by atoms with Crippen LogP contribution in [-0.4, -0.2) is 45.3 Å². The van der Waals surface area contributed by atoms with Crippen LogP contribution >= 0.6 is 0 Å². The zero-order valence-corrected chi connectivity index (χ0v) is 16.9. The Morgan fingerprint density at radius 2 is 1.79 bits per heavy atom. The number of ether oxygens (including phenoxy) is 3. The lowest BCUT2D eigenvalue weighted by Gasteiger charge is -2.25. The number of methoxy groups -OCH3 is 1. The van der Waals surface area contributed by atoms with Crippen LogP contribution in [0.1, 0.15) is 36.4 Å². The van der Waals surface area contributed by atoms with Crippen molar-refractivity contribution in [2.24, 2.45) is 0 Å². The maximum Gasteiger partial charge on any atom is 0.231 e. The third-order valence-corrected chi connectivity index (χ3v) is 5.07. The van der Waals surface area contributed by atoms with E-state index in [4.69, 9.17) is 14.2 Å². The Morgan fingerprint density at radius 3 is 2.46 bits per heavy atom. The van der Waals surface area contributed by atoms with Crippen LogP contribution < -0.4 is 19.5 Å². The molecule has 2 unspecified atom stereocenters. The van der Waals surface area contributed by atoms with Crippen molar-refractivity contribution in [2.45, 2.75) is 25.3 Å². The Bertz CT molecular complexity index is 805. The standard InChI is InChI=1S/C22H28N2O4/c1-15(16-5-8-18(26-4)9-6-16)11-22(25)23-13-19(24(2)3)17-7-10-20-21(12-17)28-14-27-20/h5-10,12,15,19H,11,13-14H2,1-4H3,(H,23,25). The number of likely N-dealkylation sites (N-methyl/N-ethyl adjacent to an activating group) is 1. The highest BCUT2D eigenvalue weighted by Crippen LogP contribution is 2.35. The number of carbonyl (C=O) groups is 1. The van der Waals surface area contributed by atoms with E-state index in [1.54, 1.807) is 7.11 Å². The van der Waals surface area contributed by atoms with E-state index in [0.29, 0.717) is 13.0 Å². The minimum Gasteiger partial charge on any atom is -0.497 e. The first kappa shape index (κ1) is 20.0. The molecule has 1 amide bonds. The Labute approximate surface area is 166 Å². The van der Waals surface area contributed by atoms with Gasteiger partial charge >= 0.3 is 0 Å². The highest BCUT2D eigenvalue weighted by Gasteiger charge is 2.20. The minimum absolute atomic E-state index is 0.0379. The molecule has 2 atom stereocenters. The molecular formula is C22H28N2O4. The van der Waals surface area contributed by atoms with Gasteiger partial charge in [-0.05, 0) is 55.4 Å². The van der Waals surface area contributed by atoms with Gasteiger partial charge in [-0.2, -0.15) is 0 Å². The summed E-state index contributed by atoms with van der Waals surface area (Å²) in [5.74, 6) is 2.51. The molecule has 2 aromatic carbocycles. The first-order chi connectivity index (χ1) is 13.5. The second kappa shape index (κ2) is 8.97. The Hall–Kier alpha value is -2.73. The number of carbonyl (C=O) groups excluding carboxylic acids is 1. The summed E-state index contributed by atoms with van der Waals surface area (Å²) >= 11 is 0. The number of benzene rings is 2. The van der Waals surface area contributed by atoms with Gasteiger partial charge in [0.25, 0.3) is 0 Å². The second-order valence-corrected chi connectivity index (χ2v) is 7.27. The smallest absolute Gasteiger partial charge is 0.231 e. The summed E-state index contributed by atoms with van der Waals surface area (Å²) in [5.41, 5.74) is 2.20. The molecule has 0 saturated carbocycles. The molecule has 0 fully saturated rings. The molecule has 0 aromatic heterocycles. The molecule has 0 bridgehead atoms. The number of nitrogens with one attached hydrogen (secondary N) is 1. The van der Waals surface area contributed by atoms with Gasteiger partial charge in [-0.25, -0.2) is 0 Å². The highest BCUT2D eigenvalue weighted by molar-refractivity contribution is 5.76. The lowest BCUT2D eigenvalue weighted by atomic mass is 9.97. The number of hydrogen-bond donors (Lipinski definition) is 1. The zero-order valence-electron chi connectivity index (χ0n) is 16.9. The van der Waals surface area contributed by atoms with Crippen molar-refractivity contribution in [2.75, 3.05) is 34.5 Å². The maximum atomic E-state index is 12.5. The molecule has 0 radical (unpaired) electrons. The van der Waals surface area contributed by atoms with E-state index >= 15 is 0 Å². The molecule has 28 heavy (non-hydrogen) atoms. The van der Waals surface area contributed by atoms with Crippen molar-refractivity contribution >= 4 is 5.91 Å². The molecule has 6 heteroatoms. The number of rotatable bonds is 8. The summed E-state index contributed by atoms with van der Waals surface area (Å²) in [6.45, 7) is 2.84. The third-order valence-electron chi connectivity index (χ3n) is 5.07. The molecule has 150 valence electrons. The normalized spacial score (nSPS) is 14.6. The first-order valence-corrected chi connectivity index (χ1v) is 9.44. The molecule has 1 aliphatic rings. The van der Waals surface area contributed by atoms with Gasteiger partial charge < -0.3 is 24.4 Å². The molecule has 0 spiro atoms. The molecule has 1 heterocycles. The van der Waals surface area contributed by atoms with E-state index in [0.717, 1.165) is 28.4 Å². The Morgan fingerprint density at radius 1 is 1.11 bits per heavy atom. The van der Waals surface area contributed by atoms with Crippen LogP contribution in [0.25, 0.3) is 0 Å². The predicted octanol–water partition coefficient (Wildman–Crippen LogP) is 3.34. The summed E-state index contributed by atoms with van der Waals surface area (Å²) in [5, 5.41) is 3.08. The number of fused-ring (bicyclic) bond motifs is 1. The largest absolute Gasteiger partial charge is 0.497 e. The first-order valence-electron chi connectivity index (χ1n) is 9.44. The lowest BCUT2D eigenvalue weighted by Crippen LogP contribution is -2.35. The van der Waals surface area contributed by atoms with Crippen molar-refractivity contribution in [3.05, 3.63) is 53.6 Å². The van der Waals surface area contributed by atoms with Gasteiger partial charge in [-0.1, -0.05) is 25.1 Å². The minimum atomic E-state index is 0.0379. The van der Waals surface area contributed by atoms with E-state index in [2.05, 4.69) is 17.1 Å². The number of hydrogen-bond acceptors (Lipinski definition) is 5. The Balaban J connectivity index is 1.58. The van der Waals surface area contributed by atoms with E-state index in [-0.39, 0.29) is 24.7 Å². The quantitative estimate of drug-likeness (QED) is 0.756. The van der Waals surface area contributed by atoms with Crippen molar-refractivity contribution in [1.82, 2.24) is 10.2 Å². The van der Waals surface area contributed by atoms with Crippen LogP contribution in [0.2, 0.25) is 0 Å². The summed E-state index contributed by atoms with van der Waals surface area (Å²) in [7, 11) is 5.65. The van der Waals surface area contributed by atoms with Gasteiger partial charge in [0.1, 0.15) is 5.75 Å². The Kier molecular flexibility index (Phi) is 6.41. The molecular weight excluding hydrogens is 356 g/mol. The molecule has 3 rings (SSSR count). The number of amides is 1.